The van der Waals surface area contributed by atoms with Crippen molar-refractivity contribution in [3.05, 3.63) is 27.9 Å². The molecule has 0 bridgehead atoms. The molecule has 0 unspecified atom stereocenters. The number of rotatable bonds is 5. The smallest absolute Gasteiger partial charge is 0.311 e. The van der Waals surface area contributed by atoms with Crippen molar-refractivity contribution in [3.63, 3.8) is 0 Å². The van der Waals surface area contributed by atoms with Crippen LogP contribution >= 0.6 is 0 Å². The van der Waals surface area contributed by atoms with Crippen LogP contribution in [0.1, 0.15) is 24.9 Å². The molecule has 1 aromatic heterocycles. The Morgan fingerprint density at radius 2 is 2.18 bits per heavy atom. The van der Waals surface area contributed by atoms with Crippen LogP contribution in [0.25, 0.3) is 0 Å². The molecule has 1 aromatic rings. The lowest BCUT2D eigenvalue weighted by atomic mass is 10.3. The highest BCUT2D eigenvalue weighted by molar-refractivity contribution is 5.03. The number of hydrogen-bond donors (Lipinski definition) is 2. The van der Waals surface area contributed by atoms with E-state index in [0.717, 1.165) is 13.0 Å². The van der Waals surface area contributed by atoms with Gasteiger partial charge in [-0.2, -0.15) is 13.2 Å². The van der Waals surface area contributed by atoms with E-state index >= 15 is 0 Å². The highest BCUT2D eigenvalue weighted by Gasteiger charge is 2.29. The van der Waals surface area contributed by atoms with Gasteiger partial charge in [0.15, 0.2) is 0 Å². The number of aromatic amines is 1. The summed E-state index contributed by atoms with van der Waals surface area (Å²) in [5.74, 6) is -0.349. The molecule has 1 heterocycles. The largest absolute Gasteiger partial charge is 0.396 e. The molecule has 96 valence electrons. The average molecular weight is 249 g/mol. The minimum absolute atomic E-state index is 0.294. The first-order valence-corrected chi connectivity index (χ1v) is 5.27. The quantitative estimate of drug-likeness (QED) is 0.775. The number of alkyl halides is 3. The summed E-state index contributed by atoms with van der Waals surface area (Å²) in [6.45, 7) is 2.99. The van der Waals surface area contributed by atoms with Crippen molar-refractivity contribution < 1.29 is 13.2 Å². The SMILES string of the molecule is CCCNCc1cc(=O)[nH]c(CC(F)(F)F)n1. The van der Waals surface area contributed by atoms with E-state index < -0.39 is 18.2 Å². The molecule has 0 saturated carbocycles. The standard InChI is InChI=1S/C10H14F3N3O/c1-2-3-14-6-7-4-9(17)16-8(15-7)5-10(11,12)13/h4,14H,2-3,5-6H2,1H3,(H,15,16,17). The van der Waals surface area contributed by atoms with Crippen LogP contribution < -0.4 is 10.9 Å². The second-order valence-corrected chi connectivity index (χ2v) is 3.65. The molecule has 0 fully saturated rings. The van der Waals surface area contributed by atoms with Crippen molar-refractivity contribution in [2.75, 3.05) is 6.54 Å². The second kappa shape index (κ2) is 5.81. The number of aromatic nitrogens is 2. The molecule has 0 atom stereocenters. The van der Waals surface area contributed by atoms with Crippen molar-refractivity contribution >= 4 is 0 Å². The maximum atomic E-state index is 12.1. The molecule has 0 aliphatic heterocycles. The fourth-order valence-electron chi connectivity index (χ4n) is 1.32. The number of nitrogens with one attached hydrogen (secondary N) is 2. The molecule has 0 aromatic carbocycles. The third kappa shape index (κ3) is 5.48. The van der Waals surface area contributed by atoms with E-state index in [9.17, 15) is 18.0 Å². The maximum absolute atomic E-state index is 12.1. The van der Waals surface area contributed by atoms with Crippen molar-refractivity contribution in [1.82, 2.24) is 15.3 Å². The lowest BCUT2D eigenvalue weighted by Gasteiger charge is -2.07. The fourth-order valence-corrected chi connectivity index (χ4v) is 1.32. The van der Waals surface area contributed by atoms with Crippen LogP contribution in [0.4, 0.5) is 13.2 Å². The van der Waals surface area contributed by atoms with E-state index in [1.807, 2.05) is 6.92 Å². The zero-order valence-electron chi connectivity index (χ0n) is 9.40. The van der Waals surface area contributed by atoms with Crippen LogP contribution in [0.3, 0.4) is 0 Å². The van der Waals surface area contributed by atoms with Gasteiger partial charge in [-0.05, 0) is 13.0 Å². The topological polar surface area (TPSA) is 57.8 Å². The molecule has 2 N–H and O–H groups in total. The Kier molecular flexibility index (Phi) is 4.68. The summed E-state index contributed by atoms with van der Waals surface area (Å²) in [5, 5.41) is 2.97. The van der Waals surface area contributed by atoms with E-state index in [4.69, 9.17) is 0 Å². The van der Waals surface area contributed by atoms with Gasteiger partial charge in [-0.15, -0.1) is 0 Å². The summed E-state index contributed by atoms with van der Waals surface area (Å²) in [4.78, 5) is 17.0. The first-order chi connectivity index (χ1) is 7.90. The summed E-state index contributed by atoms with van der Waals surface area (Å²) >= 11 is 0. The van der Waals surface area contributed by atoms with Gasteiger partial charge in [0, 0.05) is 12.6 Å². The van der Waals surface area contributed by atoms with E-state index in [-0.39, 0.29) is 5.82 Å². The summed E-state index contributed by atoms with van der Waals surface area (Å²) in [6.07, 6.45) is -4.69. The van der Waals surface area contributed by atoms with Crippen LogP contribution in [-0.4, -0.2) is 22.7 Å². The summed E-state index contributed by atoms with van der Waals surface area (Å²) in [6, 6.07) is 1.20. The molecule has 0 amide bonds. The predicted molar refractivity (Wildman–Crippen MR) is 56.6 cm³/mol. The van der Waals surface area contributed by atoms with Crippen LogP contribution in [0, 0.1) is 0 Å². The Morgan fingerprint density at radius 3 is 2.76 bits per heavy atom. The van der Waals surface area contributed by atoms with E-state index in [0.29, 0.717) is 12.2 Å². The molecule has 4 nitrogen and oxygen atoms in total. The zero-order valence-corrected chi connectivity index (χ0v) is 9.40. The first kappa shape index (κ1) is 13.7. The van der Waals surface area contributed by atoms with Crippen LogP contribution in [0.2, 0.25) is 0 Å². The minimum atomic E-state index is -4.37. The van der Waals surface area contributed by atoms with Crippen molar-refractivity contribution in [3.8, 4) is 0 Å². The van der Waals surface area contributed by atoms with Crippen molar-refractivity contribution in [2.45, 2.75) is 32.5 Å². The Labute approximate surface area is 96.3 Å². The lowest BCUT2D eigenvalue weighted by Crippen LogP contribution is -2.22. The Morgan fingerprint density at radius 1 is 1.47 bits per heavy atom. The van der Waals surface area contributed by atoms with Gasteiger partial charge in [-0.25, -0.2) is 4.98 Å². The van der Waals surface area contributed by atoms with Crippen LogP contribution in [0.5, 0.6) is 0 Å². The van der Waals surface area contributed by atoms with Gasteiger partial charge in [0.2, 0.25) is 0 Å². The lowest BCUT2D eigenvalue weighted by molar-refractivity contribution is -0.128. The molecule has 0 radical (unpaired) electrons. The Bertz CT molecular complexity index is 414. The average Bonchev–Trinajstić information content (AvgIpc) is 2.14. The third-order valence-corrected chi connectivity index (χ3v) is 1.94. The molecular weight excluding hydrogens is 235 g/mol. The van der Waals surface area contributed by atoms with Crippen molar-refractivity contribution in [2.24, 2.45) is 0 Å². The van der Waals surface area contributed by atoms with Gasteiger partial charge in [0.05, 0.1) is 5.69 Å². The molecule has 0 spiro atoms. The normalized spacial score (nSPS) is 11.8. The van der Waals surface area contributed by atoms with Gasteiger partial charge in [0.1, 0.15) is 12.2 Å². The maximum Gasteiger partial charge on any atom is 0.396 e. The highest BCUT2D eigenvalue weighted by Crippen LogP contribution is 2.18. The van der Waals surface area contributed by atoms with Crippen LogP contribution in [0.15, 0.2) is 10.9 Å². The number of H-pyrrole nitrogens is 1. The second-order valence-electron chi connectivity index (χ2n) is 3.65. The highest BCUT2D eigenvalue weighted by atomic mass is 19.4. The van der Waals surface area contributed by atoms with Gasteiger partial charge < -0.3 is 10.3 Å². The van der Waals surface area contributed by atoms with Gasteiger partial charge in [0.25, 0.3) is 5.56 Å². The van der Waals surface area contributed by atoms with E-state index in [2.05, 4.69) is 15.3 Å². The molecule has 0 saturated heterocycles. The molecular formula is C10H14F3N3O. The predicted octanol–water partition coefficient (Wildman–Crippen LogP) is 1.37. The third-order valence-electron chi connectivity index (χ3n) is 1.94. The monoisotopic (exact) mass is 249 g/mol. The fraction of sp³-hybridized carbons (Fsp3) is 0.600. The summed E-state index contributed by atoms with van der Waals surface area (Å²) in [7, 11) is 0. The number of nitrogens with zero attached hydrogens (tertiary/aromatic N) is 1. The first-order valence-electron chi connectivity index (χ1n) is 5.27. The van der Waals surface area contributed by atoms with Gasteiger partial charge >= 0.3 is 6.18 Å². The van der Waals surface area contributed by atoms with Crippen molar-refractivity contribution in [1.29, 1.82) is 0 Å². The Hall–Kier alpha value is -1.37. The zero-order chi connectivity index (χ0) is 12.9. The summed E-state index contributed by atoms with van der Waals surface area (Å²) in [5.41, 5.74) is -0.242. The molecule has 17 heavy (non-hydrogen) atoms. The Balaban J connectivity index is 2.76. The molecule has 0 aliphatic carbocycles. The van der Waals surface area contributed by atoms with E-state index in [1.165, 1.54) is 6.07 Å². The summed E-state index contributed by atoms with van der Waals surface area (Å²) < 4.78 is 36.4. The van der Waals surface area contributed by atoms with Gasteiger partial charge in [-0.3, -0.25) is 4.79 Å². The molecule has 0 aliphatic rings. The molecule has 7 heteroatoms. The molecule has 1 rings (SSSR count). The van der Waals surface area contributed by atoms with E-state index in [1.54, 1.807) is 0 Å². The number of halogens is 3. The minimum Gasteiger partial charge on any atom is -0.311 e. The van der Waals surface area contributed by atoms with Gasteiger partial charge in [-0.1, -0.05) is 6.92 Å². The van der Waals surface area contributed by atoms with Crippen LogP contribution in [-0.2, 0) is 13.0 Å². The number of hydrogen-bond acceptors (Lipinski definition) is 3.